The summed E-state index contributed by atoms with van der Waals surface area (Å²) in [5.74, 6) is 5.40. The first-order valence-electron chi connectivity index (χ1n) is 7.84. The van der Waals surface area contributed by atoms with Crippen molar-refractivity contribution < 1.29 is 23.0 Å². The highest BCUT2D eigenvalue weighted by molar-refractivity contribution is 6.33. The van der Waals surface area contributed by atoms with E-state index in [1.165, 1.54) is 24.5 Å². The fourth-order valence-corrected chi connectivity index (χ4v) is 2.97. The number of ether oxygens (including phenoxy) is 2. The maximum absolute atomic E-state index is 13.2. The molecule has 2 aliphatic rings. The van der Waals surface area contributed by atoms with Gasteiger partial charge in [0.2, 0.25) is 5.91 Å². The van der Waals surface area contributed by atoms with Crippen LogP contribution >= 0.6 is 11.6 Å². The van der Waals surface area contributed by atoms with Crippen molar-refractivity contribution in [3.63, 3.8) is 0 Å². The molecule has 26 heavy (non-hydrogen) atoms. The van der Waals surface area contributed by atoms with Gasteiger partial charge in [-0.25, -0.2) is 15.8 Å². The summed E-state index contributed by atoms with van der Waals surface area (Å²) >= 11 is 6.12. The summed E-state index contributed by atoms with van der Waals surface area (Å²) in [5, 5.41) is 1.12. The van der Waals surface area contributed by atoms with Gasteiger partial charge in [-0.2, -0.15) is 0 Å². The predicted molar refractivity (Wildman–Crippen MR) is 87.7 cm³/mol. The van der Waals surface area contributed by atoms with Crippen LogP contribution in [0, 0.1) is 5.92 Å². The molecule has 1 aliphatic heterocycles. The number of nitrogens with zero attached hydrogens (tertiary/aromatic N) is 3. The van der Waals surface area contributed by atoms with Crippen LogP contribution in [0.1, 0.15) is 19.3 Å². The Hall–Kier alpha value is -2.52. The number of aromatic nitrogens is 2. The van der Waals surface area contributed by atoms with E-state index in [1.54, 1.807) is 0 Å². The minimum absolute atomic E-state index is 0.0774. The summed E-state index contributed by atoms with van der Waals surface area (Å²) in [6, 6.07) is 2.51. The van der Waals surface area contributed by atoms with Gasteiger partial charge >= 0.3 is 6.29 Å². The first kappa shape index (κ1) is 16.9. The van der Waals surface area contributed by atoms with E-state index >= 15 is 0 Å². The molecule has 136 valence electrons. The summed E-state index contributed by atoms with van der Waals surface area (Å²) in [4.78, 5) is 20.4. The number of fused-ring (bicyclic) bond motifs is 1. The van der Waals surface area contributed by atoms with Crippen molar-refractivity contribution in [3.8, 4) is 22.8 Å². The van der Waals surface area contributed by atoms with Crippen LogP contribution in [0.25, 0.3) is 11.3 Å². The number of hydrogen-bond donors (Lipinski definition) is 1. The second-order valence-corrected chi connectivity index (χ2v) is 6.45. The fraction of sp³-hybridized carbons (Fsp3) is 0.312. The molecule has 0 radical (unpaired) electrons. The van der Waals surface area contributed by atoms with Crippen LogP contribution in [0.4, 0.5) is 14.6 Å². The highest BCUT2D eigenvalue weighted by Gasteiger charge is 2.44. The Morgan fingerprint density at radius 1 is 1.23 bits per heavy atom. The third-order valence-electron chi connectivity index (χ3n) is 4.34. The van der Waals surface area contributed by atoms with E-state index in [1.807, 2.05) is 0 Å². The van der Waals surface area contributed by atoms with Crippen LogP contribution < -0.4 is 20.3 Å². The van der Waals surface area contributed by atoms with Crippen LogP contribution in [0.5, 0.6) is 11.5 Å². The van der Waals surface area contributed by atoms with Crippen LogP contribution in [-0.2, 0) is 4.79 Å². The zero-order valence-electron chi connectivity index (χ0n) is 13.3. The van der Waals surface area contributed by atoms with Gasteiger partial charge in [0.1, 0.15) is 0 Å². The second-order valence-electron chi connectivity index (χ2n) is 6.04. The highest BCUT2D eigenvalue weighted by Crippen LogP contribution is 2.45. The normalized spacial score (nSPS) is 17.7. The van der Waals surface area contributed by atoms with E-state index in [9.17, 15) is 13.6 Å². The van der Waals surface area contributed by atoms with E-state index in [4.69, 9.17) is 17.4 Å². The number of rotatable bonds is 3. The Morgan fingerprint density at radius 3 is 2.50 bits per heavy atom. The van der Waals surface area contributed by atoms with Crippen LogP contribution in [0.15, 0.2) is 24.5 Å². The first-order valence-corrected chi connectivity index (χ1v) is 8.22. The zero-order chi connectivity index (χ0) is 18.5. The number of hydrogen-bond acceptors (Lipinski definition) is 6. The molecule has 1 aliphatic carbocycles. The molecule has 2 heterocycles. The van der Waals surface area contributed by atoms with E-state index in [-0.39, 0.29) is 34.2 Å². The monoisotopic (exact) mass is 382 g/mol. The molecule has 1 aromatic heterocycles. The lowest BCUT2D eigenvalue weighted by Crippen LogP contribution is -2.44. The van der Waals surface area contributed by atoms with Crippen molar-refractivity contribution in [2.75, 3.05) is 5.01 Å². The second kappa shape index (κ2) is 6.03. The summed E-state index contributed by atoms with van der Waals surface area (Å²) in [7, 11) is 0. The van der Waals surface area contributed by atoms with Crippen LogP contribution in [0.2, 0.25) is 5.02 Å². The number of amides is 1. The Bertz CT molecular complexity index is 875. The first-order chi connectivity index (χ1) is 12.3. The molecule has 1 saturated carbocycles. The van der Waals surface area contributed by atoms with Gasteiger partial charge in [0, 0.05) is 17.5 Å². The molecule has 2 aromatic rings. The number of nitrogens with two attached hydrogens (primary N) is 1. The van der Waals surface area contributed by atoms with Gasteiger partial charge in [0.15, 0.2) is 17.3 Å². The van der Waals surface area contributed by atoms with Gasteiger partial charge in [0.25, 0.3) is 0 Å². The molecule has 1 fully saturated rings. The zero-order valence-corrected chi connectivity index (χ0v) is 14.0. The number of carbonyl (C=O) groups is 1. The van der Waals surface area contributed by atoms with Crippen LogP contribution in [-0.4, -0.2) is 22.2 Å². The standard InChI is InChI=1S/C16H13ClF2N4O3/c17-10-5-13-12(25-16(18,19)26-13)4-9(10)11-6-22-14(7-21-11)23(20)15(24)8-2-1-3-8/h4-8H,1-3,20H2. The summed E-state index contributed by atoms with van der Waals surface area (Å²) in [6.45, 7) is 0. The number of benzene rings is 1. The van der Waals surface area contributed by atoms with Crippen molar-refractivity contribution >= 4 is 23.3 Å². The number of carbonyl (C=O) groups excluding carboxylic acids is 1. The lowest BCUT2D eigenvalue weighted by Gasteiger charge is -2.27. The van der Waals surface area contributed by atoms with E-state index in [2.05, 4.69) is 19.4 Å². The van der Waals surface area contributed by atoms with Crippen molar-refractivity contribution in [2.24, 2.45) is 11.8 Å². The SMILES string of the molecule is NN(C(=O)C1CCC1)c1cnc(-c2cc3c(cc2Cl)OC(F)(F)O3)cn1. The minimum Gasteiger partial charge on any atom is -0.395 e. The summed E-state index contributed by atoms with van der Waals surface area (Å²) in [6.07, 6.45) is 1.58. The third-order valence-corrected chi connectivity index (χ3v) is 4.66. The van der Waals surface area contributed by atoms with E-state index < -0.39 is 6.29 Å². The molecular formula is C16H13ClF2N4O3. The molecule has 1 aromatic carbocycles. The average molecular weight is 383 g/mol. The van der Waals surface area contributed by atoms with E-state index in [0.717, 1.165) is 24.3 Å². The fourth-order valence-electron chi connectivity index (χ4n) is 2.72. The molecule has 10 heteroatoms. The topological polar surface area (TPSA) is 90.6 Å². The van der Waals surface area contributed by atoms with Crippen LogP contribution in [0.3, 0.4) is 0 Å². The quantitative estimate of drug-likeness (QED) is 0.498. The molecule has 0 saturated heterocycles. The lowest BCUT2D eigenvalue weighted by atomic mass is 9.84. The molecule has 2 N–H and O–H groups in total. The van der Waals surface area contributed by atoms with Crippen molar-refractivity contribution in [3.05, 3.63) is 29.5 Å². The number of hydrazine groups is 1. The molecule has 7 nitrogen and oxygen atoms in total. The smallest absolute Gasteiger partial charge is 0.395 e. The summed E-state index contributed by atoms with van der Waals surface area (Å²) in [5.41, 5.74) is 0.643. The average Bonchev–Trinajstić information content (AvgIpc) is 2.84. The molecule has 0 spiro atoms. The Labute approximate surface area is 151 Å². The van der Waals surface area contributed by atoms with Crippen molar-refractivity contribution in [2.45, 2.75) is 25.6 Å². The Morgan fingerprint density at radius 2 is 1.92 bits per heavy atom. The predicted octanol–water partition coefficient (Wildman–Crippen LogP) is 3.13. The molecule has 0 atom stereocenters. The van der Waals surface area contributed by atoms with E-state index in [0.29, 0.717) is 11.3 Å². The Balaban J connectivity index is 1.59. The van der Waals surface area contributed by atoms with Gasteiger partial charge in [-0.1, -0.05) is 18.0 Å². The van der Waals surface area contributed by atoms with Gasteiger partial charge < -0.3 is 9.47 Å². The lowest BCUT2D eigenvalue weighted by molar-refractivity contribution is -0.286. The van der Waals surface area contributed by atoms with Gasteiger partial charge in [-0.3, -0.25) is 9.78 Å². The number of anilines is 1. The molecule has 0 unspecified atom stereocenters. The van der Waals surface area contributed by atoms with Crippen molar-refractivity contribution in [1.82, 2.24) is 9.97 Å². The number of halogens is 3. The maximum Gasteiger partial charge on any atom is 0.586 e. The minimum atomic E-state index is -3.73. The molecular weight excluding hydrogens is 370 g/mol. The van der Waals surface area contributed by atoms with Gasteiger partial charge in [-0.05, 0) is 18.9 Å². The van der Waals surface area contributed by atoms with Gasteiger partial charge in [0.05, 0.1) is 23.1 Å². The van der Waals surface area contributed by atoms with Gasteiger partial charge in [-0.15, -0.1) is 8.78 Å². The largest absolute Gasteiger partial charge is 0.586 e. The molecule has 1 amide bonds. The molecule has 0 bridgehead atoms. The third kappa shape index (κ3) is 2.93. The molecule has 4 rings (SSSR count). The number of alkyl halides is 2. The Kier molecular flexibility index (Phi) is 3.92. The highest BCUT2D eigenvalue weighted by atomic mass is 35.5. The van der Waals surface area contributed by atoms with Crippen molar-refractivity contribution in [1.29, 1.82) is 0 Å². The summed E-state index contributed by atoms with van der Waals surface area (Å²) < 4.78 is 35.1. The maximum atomic E-state index is 13.2.